The zero-order valence-corrected chi connectivity index (χ0v) is 14.1. The van der Waals surface area contributed by atoms with E-state index in [-0.39, 0.29) is 6.04 Å². The van der Waals surface area contributed by atoms with Crippen LogP contribution >= 0.6 is 27.5 Å². The number of rotatable bonds is 4. The number of hydrogen-bond acceptors (Lipinski definition) is 1. The summed E-state index contributed by atoms with van der Waals surface area (Å²) in [5.41, 5.74) is 11.2. The number of hydrogen-bond donors (Lipinski definition) is 1. The first-order chi connectivity index (χ1) is 9.56. The Morgan fingerprint density at radius 2 is 1.80 bits per heavy atom. The van der Waals surface area contributed by atoms with Crippen molar-refractivity contribution in [3.8, 4) is 0 Å². The molecule has 2 aromatic carbocycles. The Bertz CT molecular complexity index is 610. The van der Waals surface area contributed by atoms with Gasteiger partial charge in [0.05, 0.1) is 6.04 Å². The number of nitrogens with two attached hydrogens (primary N) is 1. The largest absolute Gasteiger partial charge is 0.320 e. The highest BCUT2D eigenvalue weighted by Gasteiger charge is 2.16. The lowest BCUT2D eigenvalue weighted by Crippen LogP contribution is -2.15. The third-order valence-electron chi connectivity index (χ3n) is 3.63. The average Bonchev–Trinajstić information content (AvgIpc) is 2.46. The van der Waals surface area contributed by atoms with Crippen molar-refractivity contribution in [1.82, 2.24) is 0 Å². The monoisotopic (exact) mass is 351 g/mol. The van der Waals surface area contributed by atoms with E-state index < -0.39 is 0 Å². The fraction of sp³-hybridized carbons (Fsp3) is 0.294. The molecular weight excluding hydrogens is 334 g/mol. The highest BCUT2D eigenvalue weighted by Crippen LogP contribution is 2.31. The Balaban J connectivity index is 2.48. The van der Waals surface area contributed by atoms with Crippen LogP contribution in [0.5, 0.6) is 0 Å². The maximum atomic E-state index is 6.47. The number of halogens is 2. The first-order valence-electron chi connectivity index (χ1n) is 6.89. The van der Waals surface area contributed by atoms with Crippen molar-refractivity contribution in [3.05, 3.63) is 68.1 Å². The van der Waals surface area contributed by atoms with Gasteiger partial charge in [-0.1, -0.05) is 65.6 Å². The molecule has 0 spiro atoms. The van der Waals surface area contributed by atoms with Crippen LogP contribution in [0.15, 0.2) is 40.9 Å². The third kappa shape index (κ3) is 3.25. The Morgan fingerprint density at radius 1 is 1.05 bits per heavy atom. The minimum absolute atomic E-state index is 0.183. The van der Waals surface area contributed by atoms with E-state index in [9.17, 15) is 0 Å². The van der Waals surface area contributed by atoms with Crippen molar-refractivity contribution >= 4 is 27.5 Å². The lowest BCUT2D eigenvalue weighted by molar-refractivity contribution is 0.845. The second-order valence-electron chi connectivity index (χ2n) is 4.88. The molecule has 0 saturated carbocycles. The van der Waals surface area contributed by atoms with Gasteiger partial charge in [-0.05, 0) is 47.2 Å². The van der Waals surface area contributed by atoms with Gasteiger partial charge in [-0.15, -0.1) is 0 Å². The maximum absolute atomic E-state index is 6.47. The van der Waals surface area contributed by atoms with Gasteiger partial charge in [-0.2, -0.15) is 0 Å². The fourth-order valence-corrected chi connectivity index (χ4v) is 3.19. The molecule has 106 valence electrons. The minimum Gasteiger partial charge on any atom is -0.320 e. The van der Waals surface area contributed by atoms with Gasteiger partial charge in [0, 0.05) is 9.50 Å². The summed E-state index contributed by atoms with van der Waals surface area (Å²) in [6.07, 6.45) is 1.99. The van der Waals surface area contributed by atoms with Gasteiger partial charge < -0.3 is 5.73 Å². The highest BCUT2D eigenvalue weighted by atomic mass is 79.9. The molecule has 0 radical (unpaired) electrons. The first-order valence-corrected chi connectivity index (χ1v) is 8.06. The van der Waals surface area contributed by atoms with E-state index >= 15 is 0 Å². The Morgan fingerprint density at radius 3 is 2.40 bits per heavy atom. The van der Waals surface area contributed by atoms with Crippen molar-refractivity contribution in [2.75, 3.05) is 0 Å². The van der Waals surface area contributed by atoms with Crippen LogP contribution in [0.2, 0.25) is 5.02 Å². The average molecular weight is 353 g/mol. The molecule has 0 aromatic heterocycles. The topological polar surface area (TPSA) is 26.0 Å². The van der Waals surface area contributed by atoms with Gasteiger partial charge in [-0.3, -0.25) is 0 Å². The van der Waals surface area contributed by atoms with Crippen LogP contribution in [-0.2, 0) is 12.8 Å². The van der Waals surface area contributed by atoms with Gasteiger partial charge in [-0.25, -0.2) is 0 Å². The Hall–Kier alpha value is -0.830. The number of benzene rings is 2. The minimum atomic E-state index is -0.183. The third-order valence-corrected chi connectivity index (χ3v) is 4.45. The molecule has 2 rings (SSSR count). The molecule has 2 N–H and O–H groups in total. The SMILES string of the molecule is CCc1ccc(CC)c(C(N)c2ccc(Br)cc2Cl)c1. The summed E-state index contributed by atoms with van der Waals surface area (Å²) in [6, 6.07) is 12.3. The molecule has 0 saturated heterocycles. The van der Waals surface area contributed by atoms with Crippen molar-refractivity contribution in [2.45, 2.75) is 32.7 Å². The van der Waals surface area contributed by atoms with Gasteiger partial charge >= 0.3 is 0 Å². The molecule has 0 aliphatic rings. The molecule has 0 amide bonds. The highest BCUT2D eigenvalue weighted by molar-refractivity contribution is 9.10. The molecule has 3 heteroatoms. The van der Waals surface area contributed by atoms with Gasteiger partial charge in [0.1, 0.15) is 0 Å². The smallest absolute Gasteiger partial charge is 0.0569 e. The van der Waals surface area contributed by atoms with Gasteiger partial charge in [0.25, 0.3) is 0 Å². The van der Waals surface area contributed by atoms with E-state index in [1.807, 2.05) is 18.2 Å². The lowest BCUT2D eigenvalue weighted by atomic mass is 9.92. The molecular formula is C17H19BrClN. The Labute approximate surface area is 134 Å². The molecule has 2 aromatic rings. The van der Waals surface area contributed by atoms with Gasteiger partial charge in [0.15, 0.2) is 0 Å². The molecule has 1 nitrogen and oxygen atoms in total. The maximum Gasteiger partial charge on any atom is 0.0569 e. The first kappa shape index (κ1) is 15.6. The van der Waals surface area contributed by atoms with E-state index in [1.165, 1.54) is 16.7 Å². The molecule has 0 heterocycles. The van der Waals surface area contributed by atoms with E-state index in [1.54, 1.807) is 0 Å². The second-order valence-corrected chi connectivity index (χ2v) is 6.21. The van der Waals surface area contributed by atoms with Crippen LogP contribution in [0, 0.1) is 0 Å². The summed E-state index contributed by atoms with van der Waals surface area (Å²) in [5.74, 6) is 0. The molecule has 0 aliphatic carbocycles. The predicted molar refractivity (Wildman–Crippen MR) is 90.4 cm³/mol. The van der Waals surface area contributed by atoms with Crippen LogP contribution in [0.1, 0.15) is 42.1 Å². The van der Waals surface area contributed by atoms with Crippen LogP contribution in [0.4, 0.5) is 0 Å². The second kappa shape index (κ2) is 6.75. The van der Waals surface area contributed by atoms with E-state index in [4.69, 9.17) is 17.3 Å². The zero-order chi connectivity index (χ0) is 14.7. The predicted octanol–water partition coefficient (Wildman–Crippen LogP) is 5.28. The van der Waals surface area contributed by atoms with Crippen molar-refractivity contribution in [3.63, 3.8) is 0 Å². The molecule has 0 bridgehead atoms. The molecule has 1 unspecified atom stereocenters. The molecule has 20 heavy (non-hydrogen) atoms. The lowest BCUT2D eigenvalue weighted by Gasteiger charge is -2.19. The summed E-state index contributed by atoms with van der Waals surface area (Å²) in [7, 11) is 0. The summed E-state index contributed by atoms with van der Waals surface area (Å²) < 4.78 is 0.969. The van der Waals surface area contributed by atoms with Gasteiger partial charge in [0.2, 0.25) is 0 Å². The molecule has 1 atom stereocenters. The normalized spacial score (nSPS) is 12.4. The zero-order valence-electron chi connectivity index (χ0n) is 11.8. The molecule has 0 fully saturated rings. The summed E-state index contributed by atoms with van der Waals surface area (Å²) in [6.45, 7) is 4.31. The Kier molecular flexibility index (Phi) is 5.25. The van der Waals surface area contributed by atoms with Crippen molar-refractivity contribution < 1.29 is 0 Å². The standard InChI is InChI=1S/C17H19BrClN/c1-3-11-5-6-12(4-2)15(9-11)17(20)14-8-7-13(18)10-16(14)19/h5-10,17H,3-4,20H2,1-2H3. The molecule has 0 aliphatic heterocycles. The fourth-order valence-electron chi connectivity index (χ4n) is 2.40. The van der Waals surface area contributed by atoms with E-state index in [0.717, 1.165) is 22.9 Å². The van der Waals surface area contributed by atoms with Crippen LogP contribution in [0.25, 0.3) is 0 Å². The summed E-state index contributed by atoms with van der Waals surface area (Å²) in [4.78, 5) is 0. The summed E-state index contributed by atoms with van der Waals surface area (Å²) in [5, 5.41) is 0.704. The van der Waals surface area contributed by atoms with E-state index in [2.05, 4.69) is 48.0 Å². The van der Waals surface area contributed by atoms with Crippen LogP contribution in [0.3, 0.4) is 0 Å². The number of aryl methyl sites for hydroxylation is 2. The van der Waals surface area contributed by atoms with Crippen LogP contribution < -0.4 is 5.73 Å². The summed E-state index contributed by atoms with van der Waals surface area (Å²) >= 11 is 9.76. The van der Waals surface area contributed by atoms with Crippen LogP contribution in [-0.4, -0.2) is 0 Å². The van der Waals surface area contributed by atoms with Crippen molar-refractivity contribution in [1.29, 1.82) is 0 Å². The quantitative estimate of drug-likeness (QED) is 0.796. The van der Waals surface area contributed by atoms with Crippen molar-refractivity contribution in [2.24, 2.45) is 5.73 Å². The van der Waals surface area contributed by atoms with E-state index in [0.29, 0.717) is 5.02 Å².